The van der Waals surface area contributed by atoms with Crippen LogP contribution in [-0.4, -0.2) is 36.1 Å². The molecule has 2 heterocycles. The first kappa shape index (κ1) is 12.3. The Bertz CT molecular complexity index is 687. The third-order valence-corrected chi connectivity index (χ3v) is 4.55. The Morgan fingerprint density at radius 3 is 2.68 bits per heavy atom. The lowest BCUT2D eigenvalue weighted by Crippen LogP contribution is -2.04. The number of ether oxygens (including phenoxy) is 1. The molecule has 1 saturated heterocycles. The Hall–Kier alpha value is -1.73. The number of rotatable bonds is 4. The summed E-state index contributed by atoms with van der Waals surface area (Å²) >= 11 is 0. The number of benzene rings is 1. The lowest BCUT2D eigenvalue weighted by atomic mass is 10.2. The van der Waals surface area contributed by atoms with Crippen LogP contribution in [0, 0.1) is 6.92 Å². The van der Waals surface area contributed by atoms with Crippen LogP contribution in [0.3, 0.4) is 0 Å². The summed E-state index contributed by atoms with van der Waals surface area (Å²) in [6, 6.07) is 6.67. The highest BCUT2D eigenvalue weighted by Crippen LogP contribution is 2.19. The average Bonchev–Trinajstić information content (AvgIpc) is 3.05. The molecule has 1 unspecified atom stereocenters. The number of aryl methyl sites for hydroxylation is 1. The third kappa shape index (κ3) is 2.52. The van der Waals surface area contributed by atoms with Crippen LogP contribution in [0.2, 0.25) is 0 Å². The molecule has 6 nitrogen and oxygen atoms in total. The number of hydrogen-bond acceptors (Lipinski definition) is 5. The molecule has 0 saturated carbocycles. The van der Waals surface area contributed by atoms with E-state index in [-0.39, 0.29) is 16.0 Å². The van der Waals surface area contributed by atoms with Gasteiger partial charge in [0, 0.05) is 0 Å². The Morgan fingerprint density at radius 2 is 2.05 bits per heavy atom. The molecule has 0 radical (unpaired) electrons. The van der Waals surface area contributed by atoms with Gasteiger partial charge in [-0.2, -0.15) is 0 Å². The highest BCUT2D eigenvalue weighted by atomic mass is 32.2. The van der Waals surface area contributed by atoms with E-state index in [2.05, 4.69) is 10.3 Å². The lowest BCUT2D eigenvalue weighted by molar-refractivity contribution is 0.371. The van der Waals surface area contributed by atoms with Gasteiger partial charge in [-0.15, -0.1) is 5.10 Å². The molecule has 100 valence electrons. The third-order valence-electron chi connectivity index (χ3n) is 2.92. The van der Waals surface area contributed by atoms with E-state index in [1.807, 2.05) is 6.92 Å². The molecule has 2 aromatic rings. The largest absolute Gasteiger partial charge is 0.371 e. The van der Waals surface area contributed by atoms with Gasteiger partial charge in [-0.25, -0.2) is 13.1 Å². The van der Waals surface area contributed by atoms with Crippen LogP contribution in [0.5, 0.6) is 0 Å². The minimum atomic E-state index is -3.59. The zero-order valence-electron chi connectivity index (χ0n) is 10.4. The van der Waals surface area contributed by atoms with Crippen LogP contribution in [0.25, 0.3) is 0 Å². The second-order valence-electron chi connectivity index (χ2n) is 4.55. The van der Waals surface area contributed by atoms with Crippen LogP contribution in [-0.2, 0) is 21.1 Å². The number of nitrogens with zero attached hydrogens (tertiary/aromatic N) is 3. The fourth-order valence-electron chi connectivity index (χ4n) is 1.71. The Morgan fingerprint density at radius 1 is 1.37 bits per heavy atom. The molecule has 1 aliphatic heterocycles. The van der Waals surface area contributed by atoms with Gasteiger partial charge in [-0.1, -0.05) is 22.9 Å². The molecule has 1 aromatic heterocycles. The maximum absolute atomic E-state index is 12.3. The van der Waals surface area contributed by atoms with Crippen molar-refractivity contribution in [1.82, 2.24) is 15.0 Å². The topological polar surface area (TPSA) is 77.4 Å². The Labute approximate surface area is 110 Å². The minimum Gasteiger partial charge on any atom is -0.371 e. The summed E-state index contributed by atoms with van der Waals surface area (Å²) in [5.74, 6) is 0. The molecular weight excluding hydrogens is 266 g/mol. The predicted octanol–water partition coefficient (Wildman–Crippen LogP) is 0.818. The van der Waals surface area contributed by atoms with E-state index in [9.17, 15) is 8.42 Å². The monoisotopic (exact) mass is 279 g/mol. The summed E-state index contributed by atoms with van der Waals surface area (Å²) < 4.78 is 31.2. The van der Waals surface area contributed by atoms with Gasteiger partial charge in [0.15, 0.2) is 0 Å². The summed E-state index contributed by atoms with van der Waals surface area (Å²) in [5, 5.41) is 7.52. The maximum Gasteiger partial charge on any atom is 0.227 e. The van der Waals surface area contributed by atoms with Gasteiger partial charge in [-0.05, 0) is 19.1 Å². The zero-order chi connectivity index (χ0) is 13.5. The van der Waals surface area contributed by atoms with Gasteiger partial charge in [0.1, 0.15) is 6.10 Å². The molecule has 3 rings (SSSR count). The van der Waals surface area contributed by atoms with Gasteiger partial charge in [-0.3, -0.25) is 0 Å². The predicted molar refractivity (Wildman–Crippen MR) is 66.4 cm³/mol. The van der Waals surface area contributed by atoms with Crippen LogP contribution < -0.4 is 0 Å². The van der Waals surface area contributed by atoms with E-state index in [0.717, 1.165) is 5.56 Å². The van der Waals surface area contributed by atoms with Crippen molar-refractivity contribution in [3.8, 4) is 0 Å². The van der Waals surface area contributed by atoms with Crippen molar-refractivity contribution >= 4 is 9.84 Å². The van der Waals surface area contributed by atoms with E-state index in [4.69, 9.17) is 4.74 Å². The standard InChI is InChI=1S/C12H13N3O3S/c1-9-2-4-11(5-3-9)19(16,17)12-7-15(14-13-12)6-10-8-18-10/h2-5,7,10H,6,8H2,1H3. The molecule has 19 heavy (non-hydrogen) atoms. The molecule has 1 fully saturated rings. The van der Waals surface area contributed by atoms with Crippen molar-refractivity contribution < 1.29 is 13.2 Å². The van der Waals surface area contributed by atoms with Gasteiger partial charge in [0.25, 0.3) is 0 Å². The molecular formula is C12H13N3O3S. The highest BCUT2D eigenvalue weighted by molar-refractivity contribution is 7.91. The Balaban J connectivity index is 1.90. The summed E-state index contributed by atoms with van der Waals surface area (Å²) in [5.41, 5.74) is 1.01. The minimum absolute atomic E-state index is 0.0306. The molecule has 0 N–H and O–H groups in total. The molecule has 0 aliphatic carbocycles. The summed E-state index contributed by atoms with van der Waals surface area (Å²) in [6.07, 6.45) is 1.58. The summed E-state index contributed by atoms with van der Waals surface area (Å²) in [4.78, 5) is 0.229. The Kier molecular flexibility index (Phi) is 2.87. The van der Waals surface area contributed by atoms with Crippen LogP contribution >= 0.6 is 0 Å². The van der Waals surface area contributed by atoms with Gasteiger partial charge < -0.3 is 4.74 Å². The van der Waals surface area contributed by atoms with Gasteiger partial charge in [0.05, 0.1) is 24.2 Å². The van der Waals surface area contributed by atoms with Gasteiger partial charge >= 0.3 is 0 Å². The maximum atomic E-state index is 12.3. The lowest BCUT2D eigenvalue weighted by Gasteiger charge is -2.00. The molecule has 1 aliphatic rings. The van der Waals surface area contributed by atoms with E-state index in [1.165, 1.54) is 10.9 Å². The van der Waals surface area contributed by atoms with Crippen LogP contribution in [0.15, 0.2) is 40.4 Å². The number of hydrogen-bond donors (Lipinski definition) is 0. The second kappa shape index (κ2) is 4.43. The fraction of sp³-hybridized carbons (Fsp3) is 0.333. The molecule has 0 bridgehead atoms. The van der Waals surface area contributed by atoms with E-state index >= 15 is 0 Å². The average molecular weight is 279 g/mol. The second-order valence-corrected chi connectivity index (χ2v) is 6.45. The normalized spacial score (nSPS) is 18.5. The molecule has 0 spiro atoms. The first-order valence-corrected chi connectivity index (χ1v) is 7.37. The highest BCUT2D eigenvalue weighted by Gasteiger charge is 2.26. The van der Waals surface area contributed by atoms with E-state index in [0.29, 0.717) is 13.2 Å². The van der Waals surface area contributed by atoms with E-state index < -0.39 is 9.84 Å². The number of epoxide rings is 1. The van der Waals surface area contributed by atoms with Crippen molar-refractivity contribution in [3.63, 3.8) is 0 Å². The fourth-order valence-corrected chi connectivity index (χ4v) is 2.85. The van der Waals surface area contributed by atoms with E-state index in [1.54, 1.807) is 24.3 Å². The van der Waals surface area contributed by atoms with Gasteiger partial charge in [0.2, 0.25) is 14.9 Å². The summed E-state index contributed by atoms with van der Waals surface area (Å²) in [7, 11) is -3.59. The smallest absolute Gasteiger partial charge is 0.227 e. The molecule has 1 atom stereocenters. The summed E-state index contributed by atoms with van der Waals surface area (Å²) in [6.45, 7) is 3.14. The van der Waals surface area contributed by atoms with Crippen LogP contribution in [0.1, 0.15) is 5.56 Å². The van der Waals surface area contributed by atoms with Crippen molar-refractivity contribution in [1.29, 1.82) is 0 Å². The molecule has 1 aromatic carbocycles. The SMILES string of the molecule is Cc1ccc(S(=O)(=O)c2cn(CC3CO3)nn2)cc1. The number of aromatic nitrogens is 3. The first-order chi connectivity index (χ1) is 9.05. The van der Waals surface area contributed by atoms with Crippen molar-refractivity contribution in [2.75, 3.05) is 6.61 Å². The molecule has 0 amide bonds. The first-order valence-electron chi connectivity index (χ1n) is 5.89. The number of sulfone groups is 1. The molecule has 7 heteroatoms. The zero-order valence-corrected chi connectivity index (χ0v) is 11.2. The quantitative estimate of drug-likeness (QED) is 0.774. The van der Waals surface area contributed by atoms with Crippen LogP contribution in [0.4, 0.5) is 0 Å². The van der Waals surface area contributed by atoms with Crippen molar-refractivity contribution in [2.24, 2.45) is 0 Å². The van der Waals surface area contributed by atoms with Crippen molar-refractivity contribution in [2.45, 2.75) is 29.5 Å². The van der Waals surface area contributed by atoms with Crippen molar-refractivity contribution in [3.05, 3.63) is 36.0 Å².